The van der Waals surface area contributed by atoms with Crippen LogP contribution in [0.1, 0.15) is 16.8 Å². The van der Waals surface area contributed by atoms with Gasteiger partial charge in [0.15, 0.2) is 0 Å². The summed E-state index contributed by atoms with van der Waals surface area (Å²) in [7, 11) is 0. The third-order valence-electron chi connectivity index (χ3n) is 3.43. The van der Waals surface area contributed by atoms with Crippen LogP contribution < -0.4 is 10.6 Å². The molecule has 3 N–H and O–H groups in total. The van der Waals surface area contributed by atoms with Crippen molar-refractivity contribution in [1.82, 2.24) is 15.3 Å². The van der Waals surface area contributed by atoms with Crippen LogP contribution in [0.3, 0.4) is 0 Å². The summed E-state index contributed by atoms with van der Waals surface area (Å²) >= 11 is 3.35. The predicted octanol–water partition coefficient (Wildman–Crippen LogP) is 3.56. The largest absolute Gasteiger partial charge is 0.356 e. The van der Waals surface area contributed by atoms with Crippen LogP contribution in [-0.2, 0) is 0 Å². The standard InChI is InChI=1S/C17H17BrN4O/c18-13-8-6-12(7-9-13)16(23)19-10-3-11-20-17-21-14-4-1-2-5-15(14)22-17/h1-2,4-9H,3,10-11H2,(H,19,23)(H2,20,21,22). The van der Waals surface area contributed by atoms with Crippen molar-refractivity contribution in [1.29, 1.82) is 0 Å². The lowest BCUT2D eigenvalue weighted by Crippen LogP contribution is -2.25. The highest BCUT2D eigenvalue weighted by Crippen LogP contribution is 2.13. The fraction of sp³-hybridized carbons (Fsp3) is 0.176. The highest BCUT2D eigenvalue weighted by atomic mass is 79.9. The zero-order valence-electron chi connectivity index (χ0n) is 12.5. The van der Waals surface area contributed by atoms with Crippen LogP contribution >= 0.6 is 15.9 Å². The predicted molar refractivity (Wildman–Crippen MR) is 95.7 cm³/mol. The van der Waals surface area contributed by atoms with Crippen LogP contribution in [0.2, 0.25) is 0 Å². The maximum absolute atomic E-state index is 11.9. The lowest BCUT2D eigenvalue weighted by Gasteiger charge is -2.06. The van der Waals surface area contributed by atoms with Gasteiger partial charge in [0.25, 0.3) is 5.91 Å². The van der Waals surface area contributed by atoms with Gasteiger partial charge in [-0.2, -0.15) is 0 Å². The summed E-state index contributed by atoms with van der Waals surface area (Å²) in [6.07, 6.45) is 0.819. The SMILES string of the molecule is O=C(NCCCNc1nc2ccccc2[nH]1)c1ccc(Br)cc1. The van der Waals surface area contributed by atoms with E-state index < -0.39 is 0 Å². The molecule has 0 saturated heterocycles. The number of nitrogens with one attached hydrogen (secondary N) is 3. The van der Waals surface area contributed by atoms with Gasteiger partial charge >= 0.3 is 0 Å². The number of imidazole rings is 1. The summed E-state index contributed by atoms with van der Waals surface area (Å²) in [6, 6.07) is 15.2. The average molecular weight is 373 g/mol. The van der Waals surface area contributed by atoms with E-state index in [0.717, 1.165) is 34.4 Å². The highest BCUT2D eigenvalue weighted by Gasteiger charge is 2.04. The number of nitrogens with zero attached hydrogens (tertiary/aromatic N) is 1. The van der Waals surface area contributed by atoms with E-state index in [9.17, 15) is 4.79 Å². The third-order valence-corrected chi connectivity index (χ3v) is 3.96. The van der Waals surface area contributed by atoms with Crippen LogP contribution in [0.5, 0.6) is 0 Å². The first kappa shape index (κ1) is 15.6. The number of amides is 1. The second-order valence-electron chi connectivity index (χ2n) is 5.15. The first-order valence-electron chi connectivity index (χ1n) is 7.45. The Bertz CT molecular complexity index is 765. The van der Waals surface area contributed by atoms with E-state index in [4.69, 9.17) is 0 Å². The summed E-state index contributed by atoms with van der Waals surface area (Å²) in [6.45, 7) is 1.35. The van der Waals surface area contributed by atoms with Gasteiger partial charge in [-0.1, -0.05) is 28.1 Å². The molecule has 0 atom stereocenters. The topological polar surface area (TPSA) is 69.8 Å². The molecule has 2 aromatic carbocycles. The molecular weight excluding hydrogens is 356 g/mol. The molecule has 1 aromatic heterocycles. The lowest BCUT2D eigenvalue weighted by atomic mass is 10.2. The highest BCUT2D eigenvalue weighted by molar-refractivity contribution is 9.10. The second kappa shape index (κ2) is 7.28. The van der Waals surface area contributed by atoms with Crippen molar-refractivity contribution >= 4 is 38.8 Å². The van der Waals surface area contributed by atoms with Gasteiger partial charge in [-0.3, -0.25) is 4.79 Å². The van der Waals surface area contributed by atoms with Gasteiger partial charge in [0.05, 0.1) is 11.0 Å². The molecule has 0 saturated carbocycles. The molecule has 0 fully saturated rings. The molecule has 0 radical (unpaired) electrons. The van der Waals surface area contributed by atoms with Crippen molar-refractivity contribution in [3.8, 4) is 0 Å². The van der Waals surface area contributed by atoms with Gasteiger partial charge in [-0.25, -0.2) is 4.98 Å². The van der Waals surface area contributed by atoms with Crippen LogP contribution in [-0.4, -0.2) is 29.0 Å². The molecule has 0 aliphatic heterocycles. The van der Waals surface area contributed by atoms with Crippen molar-refractivity contribution in [2.45, 2.75) is 6.42 Å². The smallest absolute Gasteiger partial charge is 0.251 e. The van der Waals surface area contributed by atoms with E-state index in [0.29, 0.717) is 12.1 Å². The molecule has 5 nitrogen and oxygen atoms in total. The van der Waals surface area contributed by atoms with Crippen LogP contribution in [0, 0.1) is 0 Å². The number of fused-ring (bicyclic) bond motifs is 1. The minimum Gasteiger partial charge on any atom is -0.356 e. The Kier molecular flexibility index (Phi) is 4.92. The maximum Gasteiger partial charge on any atom is 0.251 e. The number of aromatic amines is 1. The first-order chi connectivity index (χ1) is 11.2. The molecule has 118 valence electrons. The summed E-state index contributed by atoms with van der Waals surface area (Å²) < 4.78 is 0.962. The van der Waals surface area contributed by atoms with Gasteiger partial charge in [0.1, 0.15) is 0 Å². The molecule has 0 aliphatic rings. The van der Waals surface area contributed by atoms with E-state index in [1.54, 1.807) is 12.1 Å². The van der Waals surface area contributed by atoms with E-state index in [-0.39, 0.29) is 5.91 Å². The molecule has 23 heavy (non-hydrogen) atoms. The Morgan fingerprint density at radius 2 is 1.87 bits per heavy atom. The number of hydrogen-bond acceptors (Lipinski definition) is 3. The van der Waals surface area contributed by atoms with Crippen LogP contribution in [0.25, 0.3) is 11.0 Å². The Labute approximate surface area is 142 Å². The molecule has 3 aromatic rings. The molecule has 0 spiro atoms. The summed E-state index contributed by atoms with van der Waals surface area (Å²) in [5.41, 5.74) is 2.62. The monoisotopic (exact) mass is 372 g/mol. The number of H-pyrrole nitrogens is 1. The van der Waals surface area contributed by atoms with Crippen molar-refractivity contribution in [3.63, 3.8) is 0 Å². The Morgan fingerprint density at radius 3 is 2.65 bits per heavy atom. The minimum atomic E-state index is -0.0544. The second-order valence-corrected chi connectivity index (χ2v) is 6.06. The Hall–Kier alpha value is -2.34. The maximum atomic E-state index is 11.9. The first-order valence-corrected chi connectivity index (χ1v) is 8.24. The fourth-order valence-corrected chi connectivity index (χ4v) is 2.50. The number of carbonyl (C=O) groups excluding carboxylic acids is 1. The summed E-state index contributed by atoms with van der Waals surface area (Å²) in [4.78, 5) is 19.6. The van der Waals surface area contributed by atoms with Crippen LogP contribution in [0.4, 0.5) is 5.95 Å². The Balaban J connectivity index is 1.41. The number of aromatic nitrogens is 2. The van der Waals surface area contributed by atoms with Crippen molar-refractivity contribution in [3.05, 3.63) is 58.6 Å². The Morgan fingerprint density at radius 1 is 1.09 bits per heavy atom. The van der Waals surface area contributed by atoms with E-state index in [1.165, 1.54) is 0 Å². The number of halogens is 1. The molecular formula is C17H17BrN4O. The molecule has 0 unspecified atom stereocenters. The van der Waals surface area contributed by atoms with E-state index in [1.807, 2.05) is 36.4 Å². The quantitative estimate of drug-likeness (QED) is 0.579. The van der Waals surface area contributed by atoms with Gasteiger partial charge in [-0.05, 0) is 42.8 Å². The molecule has 1 heterocycles. The van der Waals surface area contributed by atoms with Gasteiger partial charge in [0, 0.05) is 23.1 Å². The number of hydrogen-bond donors (Lipinski definition) is 3. The lowest BCUT2D eigenvalue weighted by molar-refractivity contribution is 0.0953. The van der Waals surface area contributed by atoms with Gasteiger partial charge < -0.3 is 15.6 Å². The molecule has 0 aliphatic carbocycles. The van der Waals surface area contributed by atoms with Crippen molar-refractivity contribution in [2.75, 3.05) is 18.4 Å². The normalized spacial score (nSPS) is 10.7. The fourth-order valence-electron chi connectivity index (χ4n) is 2.24. The van der Waals surface area contributed by atoms with Gasteiger partial charge in [-0.15, -0.1) is 0 Å². The third kappa shape index (κ3) is 4.10. The molecule has 3 rings (SSSR count). The summed E-state index contributed by atoms with van der Waals surface area (Å²) in [5, 5.41) is 6.14. The van der Waals surface area contributed by atoms with E-state index in [2.05, 4.69) is 36.5 Å². The van der Waals surface area contributed by atoms with Gasteiger partial charge in [0.2, 0.25) is 5.95 Å². The van der Waals surface area contributed by atoms with Crippen LogP contribution in [0.15, 0.2) is 53.0 Å². The van der Waals surface area contributed by atoms with Crippen molar-refractivity contribution in [2.24, 2.45) is 0 Å². The summed E-state index contributed by atoms with van der Waals surface area (Å²) in [5.74, 6) is 0.701. The zero-order valence-corrected chi connectivity index (χ0v) is 14.1. The molecule has 0 bridgehead atoms. The van der Waals surface area contributed by atoms with E-state index >= 15 is 0 Å². The zero-order chi connectivity index (χ0) is 16.1. The number of para-hydroxylation sites is 2. The number of rotatable bonds is 6. The number of carbonyl (C=O) groups is 1. The number of anilines is 1. The molecule has 1 amide bonds. The molecule has 6 heteroatoms. The van der Waals surface area contributed by atoms with Crippen molar-refractivity contribution < 1.29 is 4.79 Å². The number of benzene rings is 2. The average Bonchev–Trinajstić information content (AvgIpc) is 2.97. The minimum absolute atomic E-state index is 0.0544.